The summed E-state index contributed by atoms with van der Waals surface area (Å²) in [6, 6.07) is 6.01. The van der Waals surface area contributed by atoms with Crippen LogP contribution in [-0.2, 0) is 10.0 Å². The fourth-order valence-electron chi connectivity index (χ4n) is 3.22. The zero-order chi connectivity index (χ0) is 20.3. The zero-order valence-electron chi connectivity index (χ0n) is 15.8. The first-order valence-electron chi connectivity index (χ1n) is 9.00. The van der Waals surface area contributed by atoms with E-state index in [1.807, 2.05) is 4.90 Å². The minimum absolute atomic E-state index is 0.0431. The number of hydrogen-bond donors (Lipinski definition) is 1. The van der Waals surface area contributed by atoms with E-state index in [1.165, 1.54) is 16.4 Å². The number of aliphatic hydroxyl groups excluding tert-OH is 1. The van der Waals surface area contributed by atoms with Crippen LogP contribution in [0.1, 0.15) is 11.5 Å². The molecule has 0 bridgehead atoms. The van der Waals surface area contributed by atoms with Crippen molar-refractivity contribution >= 4 is 10.0 Å². The minimum atomic E-state index is -3.66. The first-order valence-corrected chi connectivity index (χ1v) is 10.4. The molecule has 1 atom stereocenters. The van der Waals surface area contributed by atoms with Gasteiger partial charge in [-0.3, -0.25) is 4.90 Å². The predicted molar refractivity (Wildman–Crippen MR) is 99.1 cm³/mol. The van der Waals surface area contributed by atoms with Crippen molar-refractivity contribution in [2.24, 2.45) is 0 Å². The average molecular weight is 413 g/mol. The van der Waals surface area contributed by atoms with E-state index in [-0.39, 0.29) is 23.0 Å². The molecule has 1 aliphatic rings. The number of ether oxygens (including phenoxy) is 1. The molecule has 0 aliphatic carbocycles. The van der Waals surface area contributed by atoms with Gasteiger partial charge in [-0.15, -0.1) is 0 Å². The van der Waals surface area contributed by atoms with E-state index >= 15 is 0 Å². The standard InChI is InChI=1S/C18H24FN3O5S/c1-13-18(14(2)27-20-13)28(24,25)22-9-7-21(8-10-22)11-15(23)12-26-17-6-4-3-5-16(17)19/h3-6,15,23H,7-12H2,1-2H3/t15-/m1/s1. The van der Waals surface area contributed by atoms with Gasteiger partial charge in [-0.05, 0) is 26.0 Å². The van der Waals surface area contributed by atoms with Crippen molar-refractivity contribution in [3.63, 3.8) is 0 Å². The second-order valence-electron chi connectivity index (χ2n) is 6.75. The maximum absolute atomic E-state index is 13.5. The maximum atomic E-state index is 13.5. The van der Waals surface area contributed by atoms with E-state index < -0.39 is 21.9 Å². The second kappa shape index (κ2) is 8.56. The number of aliphatic hydroxyl groups is 1. The van der Waals surface area contributed by atoms with E-state index in [4.69, 9.17) is 9.26 Å². The lowest BCUT2D eigenvalue weighted by Crippen LogP contribution is -2.50. The van der Waals surface area contributed by atoms with Gasteiger partial charge < -0.3 is 14.4 Å². The predicted octanol–water partition coefficient (Wildman–Crippen LogP) is 1.18. The molecule has 3 rings (SSSR count). The van der Waals surface area contributed by atoms with Crippen LogP contribution in [0.3, 0.4) is 0 Å². The molecule has 2 heterocycles. The molecule has 0 amide bonds. The molecule has 8 nitrogen and oxygen atoms in total. The van der Waals surface area contributed by atoms with Gasteiger partial charge >= 0.3 is 0 Å². The molecule has 2 aromatic rings. The van der Waals surface area contributed by atoms with Gasteiger partial charge in [0.2, 0.25) is 10.0 Å². The summed E-state index contributed by atoms with van der Waals surface area (Å²) in [4.78, 5) is 2.08. The third-order valence-electron chi connectivity index (χ3n) is 4.63. The Balaban J connectivity index is 1.51. The molecule has 1 aliphatic heterocycles. The number of sulfonamides is 1. The number of para-hydroxylation sites is 1. The topological polar surface area (TPSA) is 96.1 Å². The van der Waals surface area contributed by atoms with Crippen LogP contribution >= 0.6 is 0 Å². The van der Waals surface area contributed by atoms with Crippen molar-refractivity contribution in [1.29, 1.82) is 0 Å². The molecular formula is C18H24FN3O5S. The number of halogens is 1. The highest BCUT2D eigenvalue weighted by Gasteiger charge is 2.33. The summed E-state index contributed by atoms with van der Waals surface area (Å²) in [5.74, 6) is -0.106. The molecule has 10 heteroatoms. The van der Waals surface area contributed by atoms with Crippen LogP contribution in [0.25, 0.3) is 0 Å². The Labute approximate surface area is 163 Å². The van der Waals surface area contributed by atoms with Gasteiger partial charge in [0.1, 0.15) is 23.3 Å². The highest BCUT2D eigenvalue weighted by Crippen LogP contribution is 2.24. The molecule has 1 saturated heterocycles. The Kier molecular flexibility index (Phi) is 6.33. The first kappa shape index (κ1) is 20.7. The van der Waals surface area contributed by atoms with Gasteiger partial charge in [0.25, 0.3) is 0 Å². The van der Waals surface area contributed by atoms with Crippen molar-refractivity contribution in [3.05, 3.63) is 41.5 Å². The van der Waals surface area contributed by atoms with Gasteiger partial charge in [0, 0.05) is 32.7 Å². The SMILES string of the molecule is Cc1noc(C)c1S(=O)(=O)N1CCN(C[C@@H](O)COc2ccccc2F)CC1. The van der Waals surface area contributed by atoms with E-state index in [9.17, 15) is 17.9 Å². The smallest absolute Gasteiger partial charge is 0.248 e. The monoisotopic (exact) mass is 413 g/mol. The highest BCUT2D eigenvalue weighted by molar-refractivity contribution is 7.89. The fourth-order valence-corrected chi connectivity index (χ4v) is 4.94. The summed E-state index contributed by atoms with van der Waals surface area (Å²) in [5, 5.41) is 13.9. The molecule has 1 fully saturated rings. The van der Waals surface area contributed by atoms with Gasteiger partial charge in [-0.2, -0.15) is 4.31 Å². The van der Waals surface area contributed by atoms with Crippen LogP contribution < -0.4 is 4.74 Å². The molecular weight excluding hydrogens is 389 g/mol. The lowest BCUT2D eigenvalue weighted by Gasteiger charge is -2.34. The Morgan fingerprint density at radius 1 is 1.25 bits per heavy atom. The third-order valence-corrected chi connectivity index (χ3v) is 6.78. The number of rotatable bonds is 7. The fraction of sp³-hybridized carbons (Fsp3) is 0.500. The van der Waals surface area contributed by atoms with E-state index in [0.717, 1.165) is 0 Å². The number of aryl methyl sites for hydroxylation is 2. The Morgan fingerprint density at radius 2 is 1.93 bits per heavy atom. The normalized spacial score (nSPS) is 17.6. The average Bonchev–Trinajstić information content (AvgIpc) is 3.00. The molecule has 0 spiro atoms. The van der Waals surface area contributed by atoms with Crippen LogP contribution in [0.2, 0.25) is 0 Å². The first-order chi connectivity index (χ1) is 13.3. The van der Waals surface area contributed by atoms with Crippen LogP contribution in [0.4, 0.5) is 4.39 Å². The lowest BCUT2D eigenvalue weighted by molar-refractivity contribution is 0.0557. The Hall–Kier alpha value is -2.01. The molecule has 1 aromatic heterocycles. The van der Waals surface area contributed by atoms with Crippen LogP contribution in [0, 0.1) is 19.7 Å². The number of nitrogens with zero attached hydrogens (tertiary/aromatic N) is 3. The van der Waals surface area contributed by atoms with Crippen LogP contribution in [0.15, 0.2) is 33.7 Å². The zero-order valence-corrected chi connectivity index (χ0v) is 16.7. The number of benzene rings is 1. The second-order valence-corrected chi connectivity index (χ2v) is 8.63. The van der Waals surface area contributed by atoms with Gasteiger partial charge in [0.05, 0.1) is 0 Å². The summed E-state index contributed by atoms with van der Waals surface area (Å²) in [7, 11) is -3.66. The van der Waals surface area contributed by atoms with Crippen LogP contribution in [0.5, 0.6) is 5.75 Å². The molecule has 1 N–H and O–H groups in total. The highest BCUT2D eigenvalue weighted by atomic mass is 32.2. The largest absolute Gasteiger partial charge is 0.488 e. The van der Waals surface area contributed by atoms with Crippen LogP contribution in [-0.4, -0.2) is 73.3 Å². The van der Waals surface area contributed by atoms with Gasteiger partial charge in [-0.25, -0.2) is 12.8 Å². The quantitative estimate of drug-likeness (QED) is 0.728. The summed E-state index contributed by atoms with van der Waals surface area (Å²) < 4.78 is 50.9. The maximum Gasteiger partial charge on any atom is 0.248 e. The summed E-state index contributed by atoms with van der Waals surface area (Å²) in [5.41, 5.74) is 0.348. The van der Waals surface area contributed by atoms with Crippen molar-refractivity contribution < 1.29 is 27.2 Å². The number of piperazine rings is 1. The lowest BCUT2D eigenvalue weighted by atomic mass is 10.3. The van der Waals surface area contributed by atoms with E-state index in [2.05, 4.69) is 5.16 Å². The Morgan fingerprint density at radius 3 is 2.54 bits per heavy atom. The molecule has 0 radical (unpaired) electrons. The third kappa shape index (κ3) is 4.52. The summed E-state index contributed by atoms with van der Waals surface area (Å²) >= 11 is 0. The van der Waals surface area contributed by atoms with Crippen molar-refractivity contribution in [3.8, 4) is 5.75 Å². The van der Waals surface area contributed by atoms with Crippen molar-refractivity contribution in [1.82, 2.24) is 14.4 Å². The van der Waals surface area contributed by atoms with Gasteiger partial charge in [0.15, 0.2) is 17.3 Å². The molecule has 1 aromatic carbocycles. The van der Waals surface area contributed by atoms with Gasteiger partial charge in [-0.1, -0.05) is 17.3 Å². The summed E-state index contributed by atoms with van der Waals surface area (Å²) in [6.07, 6.45) is -0.815. The molecule has 154 valence electrons. The number of hydrogen-bond acceptors (Lipinski definition) is 7. The molecule has 0 saturated carbocycles. The molecule has 0 unspecified atom stereocenters. The van der Waals surface area contributed by atoms with E-state index in [0.29, 0.717) is 38.4 Å². The summed E-state index contributed by atoms with van der Waals surface area (Å²) in [6.45, 7) is 4.99. The molecule has 28 heavy (non-hydrogen) atoms. The number of β-amino-alcohol motifs (C(OH)–C–C–N with tert-alkyl or cyclic N) is 1. The Bertz CT molecular complexity index is 890. The van der Waals surface area contributed by atoms with E-state index in [1.54, 1.807) is 26.0 Å². The van der Waals surface area contributed by atoms with Crippen molar-refractivity contribution in [2.75, 3.05) is 39.3 Å². The minimum Gasteiger partial charge on any atom is -0.488 e. The number of aromatic nitrogens is 1. The van der Waals surface area contributed by atoms with Crippen molar-refractivity contribution in [2.45, 2.75) is 24.8 Å².